The van der Waals surface area contributed by atoms with Gasteiger partial charge in [-0.05, 0) is 38.9 Å². The van der Waals surface area contributed by atoms with Crippen LogP contribution >= 0.6 is 11.3 Å². The Hall–Kier alpha value is -1.19. The van der Waals surface area contributed by atoms with Gasteiger partial charge in [-0.15, -0.1) is 11.3 Å². The fourth-order valence-electron chi connectivity index (χ4n) is 2.36. The van der Waals surface area contributed by atoms with E-state index in [0.29, 0.717) is 0 Å². The van der Waals surface area contributed by atoms with Crippen LogP contribution in [0.4, 0.5) is 0 Å². The Morgan fingerprint density at radius 1 is 1.17 bits per heavy atom. The fraction of sp³-hybridized carbons (Fsp3) is 0.400. The van der Waals surface area contributed by atoms with Gasteiger partial charge in [-0.1, -0.05) is 17.7 Å². The number of hydrogen-bond donors (Lipinski definition) is 1. The molecule has 0 atom stereocenters. The molecule has 1 heterocycles. The fourth-order valence-corrected chi connectivity index (χ4v) is 3.15. The first-order valence-electron chi connectivity index (χ1n) is 6.29. The van der Waals surface area contributed by atoms with E-state index in [1.165, 1.54) is 27.3 Å². The van der Waals surface area contributed by atoms with E-state index in [-0.39, 0.29) is 0 Å². The van der Waals surface area contributed by atoms with Crippen LogP contribution < -0.4 is 5.32 Å². The Morgan fingerprint density at radius 3 is 2.44 bits per heavy atom. The molecule has 1 aromatic heterocycles. The van der Waals surface area contributed by atoms with E-state index in [2.05, 4.69) is 43.6 Å². The highest BCUT2D eigenvalue weighted by Crippen LogP contribution is 2.29. The Labute approximate surface area is 113 Å². The molecular weight excluding hydrogens is 240 g/mol. The lowest BCUT2D eigenvalue weighted by molar-refractivity contribution is 0.788. The second-order valence-corrected chi connectivity index (χ2v) is 5.70. The number of likely N-dealkylation sites (N-methyl/N-ethyl adjacent to an activating group) is 1. The molecule has 1 N–H and O–H groups in total. The van der Waals surface area contributed by atoms with Crippen LogP contribution in [-0.2, 0) is 6.42 Å². The van der Waals surface area contributed by atoms with Crippen molar-refractivity contribution in [2.24, 2.45) is 0 Å². The normalized spacial score (nSPS) is 10.9. The number of hydrogen-bond acceptors (Lipinski definition) is 3. The molecule has 0 unspecified atom stereocenters. The summed E-state index contributed by atoms with van der Waals surface area (Å²) < 4.78 is 0. The topological polar surface area (TPSA) is 24.9 Å². The van der Waals surface area contributed by atoms with Crippen LogP contribution in [-0.4, -0.2) is 18.6 Å². The monoisotopic (exact) mass is 260 g/mol. The molecule has 1 aromatic carbocycles. The Balaban J connectivity index is 2.34. The van der Waals surface area contributed by atoms with E-state index in [1.807, 2.05) is 7.05 Å². The summed E-state index contributed by atoms with van der Waals surface area (Å²) in [7, 11) is 1.97. The number of nitrogens with one attached hydrogen (secondary N) is 1. The van der Waals surface area contributed by atoms with Crippen molar-refractivity contribution in [2.45, 2.75) is 27.2 Å². The lowest BCUT2D eigenvalue weighted by Crippen LogP contribution is -2.10. The molecule has 2 nitrogen and oxygen atoms in total. The Morgan fingerprint density at radius 2 is 1.83 bits per heavy atom. The zero-order chi connectivity index (χ0) is 13.1. The lowest BCUT2D eigenvalue weighted by atomic mass is 9.98. The molecule has 3 heteroatoms. The highest BCUT2D eigenvalue weighted by molar-refractivity contribution is 7.09. The van der Waals surface area contributed by atoms with Crippen LogP contribution in [0.2, 0.25) is 0 Å². The maximum Gasteiger partial charge on any atom is 0.0945 e. The molecule has 0 fully saturated rings. The zero-order valence-electron chi connectivity index (χ0n) is 11.5. The van der Waals surface area contributed by atoms with Gasteiger partial charge in [-0.3, -0.25) is 0 Å². The van der Waals surface area contributed by atoms with Crippen molar-refractivity contribution in [1.82, 2.24) is 10.3 Å². The average Bonchev–Trinajstić information content (AvgIpc) is 2.73. The van der Waals surface area contributed by atoms with Crippen molar-refractivity contribution in [3.05, 3.63) is 39.2 Å². The van der Waals surface area contributed by atoms with Gasteiger partial charge in [0, 0.05) is 23.9 Å². The van der Waals surface area contributed by atoms with Gasteiger partial charge < -0.3 is 5.32 Å². The van der Waals surface area contributed by atoms with Gasteiger partial charge in [0.2, 0.25) is 0 Å². The van der Waals surface area contributed by atoms with Crippen molar-refractivity contribution in [3.63, 3.8) is 0 Å². The first-order valence-corrected chi connectivity index (χ1v) is 7.17. The largest absolute Gasteiger partial charge is 0.319 e. The lowest BCUT2D eigenvalue weighted by Gasteiger charge is -2.08. The molecule has 0 aliphatic rings. The minimum absolute atomic E-state index is 0.985. The van der Waals surface area contributed by atoms with Crippen LogP contribution in [0.3, 0.4) is 0 Å². The van der Waals surface area contributed by atoms with Gasteiger partial charge in [-0.25, -0.2) is 4.98 Å². The molecule has 18 heavy (non-hydrogen) atoms. The van der Waals surface area contributed by atoms with Gasteiger partial charge in [-0.2, -0.15) is 0 Å². The van der Waals surface area contributed by atoms with Gasteiger partial charge in [0.25, 0.3) is 0 Å². The minimum atomic E-state index is 0.985. The Bertz CT molecular complexity index is 520. The van der Waals surface area contributed by atoms with E-state index in [0.717, 1.165) is 18.7 Å². The molecule has 0 bridgehead atoms. The van der Waals surface area contributed by atoms with E-state index in [9.17, 15) is 0 Å². The molecule has 0 saturated carbocycles. The van der Waals surface area contributed by atoms with Crippen LogP contribution in [0.1, 0.15) is 21.7 Å². The number of thiazole rings is 1. The zero-order valence-corrected chi connectivity index (χ0v) is 12.3. The van der Waals surface area contributed by atoms with Crippen LogP contribution in [0.15, 0.2) is 17.5 Å². The first-order chi connectivity index (χ1) is 8.61. The van der Waals surface area contributed by atoms with Crippen molar-refractivity contribution in [1.29, 1.82) is 0 Å². The molecule has 0 spiro atoms. The third kappa shape index (κ3) is 2.79. The maximum atomic E-state index is 4.75. The summed E-state index contributed by atoms with van der Waals surface area (Å²) in [4.78, 5) is 4.75. The average molecular weight is 260 g/mol. The van der Waals surface area contributed by atoms with E-state index < -0.39 is 0 Å². The molecule has 0 radical (unpaired) electrons. The molecule has 0 amide bonds. The summed E-state index contributed by atoms with van der Waals surface area (Å²) in [6.07, 6.45) is 1.01. The molecule has 0 aliphatic carbocycles. The van der Waals surface area contributed by atoms with Gasteiger partial charge in [0.15, 0.2) is 0 Å². The van der Waals surface area contributed by atoms with Crippen LogP contribution in [0.5, 0.6) is 0 Å². The number of benzene rings is 1. The van der Waals surface area contributed by atoms with Crippen molar-refractivity contribution in [2.75, 3.05) is 13.6 Å². The quantitative estimate of drug-likeness (QED) is 0.910. The third-order valence-corrected chi connectivity index (χ3v) is 3.98. The number of aryl methyl sites for hydroxylation is 3. The number of rotatable bonds is 4. The van der Waals surface area contributed by atoms with E-state index >= 15 is 0 Å². The number of nitrogens with zero attached hydrogens (tertiary/aromatic N) is 1. The third-order valence-electron chi connectivity index (χ3n) is 3.07. The van der Waals surface area contributed by atoms with Gasteiger partial charge in [0.1, 0.15) is 0 Å². The van der Waals surface area contributed by atoms with Gasteiger partial charge in [0.05, 0.1) is 10.7 Å². The predicted octanol–water partition coefficient (Wildman–Crippen LogP) is 3.50. The number of aromatic nitrogens is 1. The molecule has 96 valence electrons. The Kier molecular flexibility index (Phi) is 4.15. The molecule has 0 saturated heterocycles. The molecule has 2 rings (SSSR count). The molecular formula is C15H20N2S. The van der Waals surface area contributed by atoms with Crippen LogP contribution in [0.25, 0.3) is 11.3 Å². The van der Waals surface area contributed by atoms with Gasteiger partial charge >= 0.3 is 0 Å². The minimum Gasteiger partial charge on any atom is -0.319 e. The highest BCUT2D eigenvalue weighted by atomic mass is 32.1. The van der Waals surface area contributed by atoms with Crippen molar-refractivity contribution in [3.8, 4) is 11.3 Å². The van der Waals surface area contributed by atoms with Crippen LogP contribution in [0, 0.1) is 20.8 Å². The second-order valence-electron chi connectivity index (χ2n) is 4.75. The van der Waals surface area contributed by atoms with Crippen molar-refractivity contribution < 1.29 is 0 Å². The summed E-state index contributed by atoms with van der Waals surface area (Å²) in [6, 6.07) is 4.46. The maximum absolute atomic E-state index is 4.75. The second kappa shape index (κ2) is 5.63. The summed E-state index contributed by atoms with van der Waals surface area (Å²) in [5.41, 5.74) is 6.38. The SMILES string of the molecule is CNCCc1nc(-c2c(C)cc(C)cc2C)cs1. The predicted molar refractivity (Wildman–Crippen MR) is 79.4 cm³/mol. The summed E-state index contributed by atoms with van der Waals surface area (Å²) in [5.74, 6) is 0. The van der Waals surface area contributed by atoms with E-state index in [4.69, 9.17) is 4.98 Å². The van der Waals surface area contributed by atoms with Crippen molar-refractivity contribution >= 4 is 11.3 Å². The first kappa shape index (κ1) is 13.2. The summed E-state index contributed by atoms with van der Waals surface area (Å²) in [5, 5.41) is 6.55. The standard InChI is InChI=1S/C15H20N2S/c1-10-7-11(2)15(12(3)8-10)13-9-18-14(17-13)5-6-16-4/h7-9,16H,5-6H2,1-4H3. The molecule has 0 aliphatic heterocycles. The van der Waals surface area contributed by atoms with E-state index in [1.54, 1.807) is 11.3 Å². The smallest absolute Gasteiger partial charge is 0.0945 e. The summed E-state index contributed by atoms with van der Waals surface area (Å²) >= 11 is 1.75. The highest BCUT2D eigenvalue weighted by Gasteiger charge is 2.10. The summed E-state index contributed by atoms with van der Waals surface area (Å²) in [6.45, 7) is 7.46. The molecule has 2 aromatic rings.